The summed E-state index contributed by atoms with van der Waals surface area (Å²) < 4.78 is 11.3. The molecule has 1 unspecified atom stereocenters. The smallest absolute Gasteiger partial charge is 0.164 e. The van der Waals surface area contributed by atoms with Gasteiger partial charge in [0.2, 0.25) is 0 Å². The third-order valence-corrected chi connectivity index (χ3v) is 3.73. The van der Waals surface area contributed by atoms with Crippen LogP contribution < -0.4 is 15.2 Å². The number of fused-ring (bicyclic) bond motifs is 1. The summed E-state index contributed by atoms with van der Waals surface area (Å²) in [5.41, 5.74) is 7.50. The largest absolute Gasteiger partial charge is 0.486 e. The molecule has 3 heteroatoms. The van der Waals surface area contributed by atoms with Crippen LogP contribution in [0, 0.1) is 0 Å². The minimum Gasteiger partial charge on any atom is -0.486 e. The van der Waals surface area contributed by atoms with Gasteiger partial charge in [0.25, 0.3) is 0 Å². The standard InChI is InChI=1S/C14H19NO2/c1-10(9-14(15)5-6-14)11-3-2-4-12-13(11)17-8-7-16-12/h2-4,10H,5-9,15H2,1H3. The molecule has 0 radical (unpaired) electrons. The number of hydrogen-bond donors (Lipinski definition) is 1. The van der Waals surface area contributed by atoms with Crippen molar-refractivity contribution in [3.05, 3.63) is 23.8 Å². The van der Waals surface area contributed by atoms with Gasteiger partial charge in [0.05, 0.1) is 0 Å². The molecule has 0 saturated heterocycles. The molecular weight excluding hydrogens is 214 g/mol. The quantitative estimate of drug-likeness (QED) is 0.872. The Hall–Kier alpha value is -1.22. The summed E-state index contributed by atoms with van der Waals surface area (Å²) >= 11 is 0. The number of ether oxygens (including phenoxy) is 2. The predicted molar refractivity (Wildman–Crippen MR) is 66.6 cm³/mol. The first-order valence-corrected chi connectivity index (χ1v) is 6.35. The molecule has 1 aromatic carbocycles. The zero-order valence-electron chi connectivity index (χ0n) is 10.2. The number of rotatable bonds is 3. The second-order valence-corrected chi connectivity index (χ2v) is 5.34. The van der Waals surface area contributed by atoms with E-state index < -0.39 is 0 Å². The van der Waals surface area contributed by atoms with E-state index >= 15 is 0 Å². The fourth-order valence-corrected chi connectivity index (χ4v) is 2.57. The van der Waals surface area contributed by atoms with Crippen molar-refractivity contribution in [2.24, 2.45) is 5.73 Å². The number of hydrogen-bond acceptors (Lipinski definition) is 3. The highest BCUT2D eigenvalue weighted by atomic mass is 16.6. The first-order chi connectivity index (χ1) is 8.18. The molecule has 1 fully saturated rings. The highest BCUT2D eigenvalue weighted by Gasteiger charge is 2.39. The van der Waals surface area contributed by atoms with Crippen molar-refractivity contribution < 1.29 is 9.47 Å². The summed E-state index contributed by atoms with van der Waals surface area (Å²) in [6.07, 6.45) is 3.35. The van der Waals surface area contributed by atoms with Crippen LogP contribution in [0.2, 0.25) is 0 Å². The van der Waals surface area contributed by atoms with Crippen molar-refractivity contribution in [2.75, 3.05) is 13.2 Å². The second kappa shape index (κ2) is 3.91. The summed E-state index contributed by atoms with van der Waals surface area (Å²) in [5, 5.41) is 0. The maximum atomic E-state index is 6.19. The fourth-order valence-electron chi connectivity index (χ4n) is 2.57. The fraction of sp³-hybridized carbons (Fsp3) is 0.571. The van der Waals surface area contributed by atoms with Crippen molar-refractivity contribution in [1.29, 1.82) is 0 Å². The van der Waals surface area contributed by atoms with Crippen LogP contribution in [-0.4, -0.2) is 18.8 Å². The molecule has 2 aliphatic rings. The number of benzene rings is 1. The van der Waals surface area contributed by atoms with Crippen LogP contribution in [-0.2, 0) is 0 Å². The summed E-state index contributed by atoms with van der Waals surface area (Å²) in [6, 6.07) is 6.14. The molecule has 0 bridgehead atoms. The topological polar surface area (TPSA) is 44.5 Å². The summed E-state index contributed by atoms with van der Waals surface area (Å²) in [5.74, 6) is 2.23. The van der Waals surface area contributed by atoms with E-state index in [0.717, 1.165) is 30.8 Å². The van der Waals surface area contributed by atoms with E-state index in [4.69, 9.17) is 15.2 Å². The highest BCUT2D eigenvalue weighted by Crippen LogP contribution is 2.45. The van der Waals surface area contributed by atoms with E-state index in [2.05, 4.69) is 13.0 Å². The Kier molecular flexibility index (Phi) is 2.51. The lowest BCUT2D eigenvalue weighted by atomic mass is 9.92. The van der Waals surface area contributed by atoms with Crippen molar-refractivity contribution in [3.8, 4) is 11.5 Å². The number of para-hydroxylation sites is 1. The molecule has 1 aliphatic heterocycles. The van der Waals surface area contributed by atoms with Crippen LogP contribution in [0.25, 0.3) is 0 Å². The van der Waals surface area contributed by atoms with Crippen molar-refractivity contribution >= 4 is 0 Å². The summed E-state index contributed by atoms with van der Waals surface area (Å²) in [6.45, 7) is 3.51. The van der Waals surface area contributed by atoms with Gasteiger partial charge < -0.3 is 15.2 Å². The zero-order valence-corrected chi connectivity index (χ0v) is 10.2. The predicted octanol–water partition coefficient (Wildman–Crippen LogP) is 2.44. The van der Waals surface area contributed by atoms with Gasteiger partial charge in [-0.25, -0.2) is 0 Å². The lowest BCUT2D eigenvalue weighted by molar-refractivity contribution is 0.169. The average Bonchev–Trinajstić information content (AvgIpc) is 3.06. The molecule has 17 heavy (non-hydrogen) atoms. The van der Waals surface area contributed by atoms with Gasteiger partial charge >= 0.3 is 0 Å². The molecule has 1 heterocycles. The highest BCUT2D eigenvalue weighted by molar-refractivity contribution is 5.49. The molecule has 0 amide bonds. The van der Waals surface area contributed by atoms with Crippen molar-refractivity contribution in [2.45, 2.75) is 37.6 Å². The third kappa shape index (κ3) is 2.12. The SMILES string of the molecule is CC(CC1(N)CC1)c1cccc2c1OCCO2. The van der Waals surface area contributed by atoms with Crippen molar-refractivity contribution in [3.63, 3.8) is 0 Å². The van der Waals surface area contributed by atoms with Gasteiger partial charge in [0.1, 0.15) is 13.2 Å². The first-order valence-electron chi connectivity index (χ1n) is 6.35. The zero-order chi connectivity index (χ0) is 11.9. The van der Waals surface area contributed by atoms with E-state index in [1.54, 1.807) is 0 Å². The van der Waals surface area contributed by atoms with Gasteiger partial charge in [-0.1, -0.05) is 19.1 Å². The Labute approximate surface area is 102 Å². The molecule has 1 aliphatic carbocycles. The van der Waals surface area contributed by atoms with Crippen LogP contribution >= 0.6 is 0 Å². The van der Waals surface area contributed by atoms with Gasteiger partial charge in [-0.3, -0.25) is 0 Å². The minimum absolute atomic E-state index is 0.0810. The van der Waals surface area contributed by atoms with Gasteiger partial charge in [-0.2, -0.15) is 0 Å². The molecule has 1 saturated carbocycles. The monoisotopic (exact) mass is 233 g/mol. The van der Waals surface area contributed by atoms with Gasteiger partial charge in [-0.05, 0) is 31.2 Å². The maximum Gasteiger partial charge on any atom is 0.164 e. The van der Waals surface area contributed by atoms with Crippen LogP contribution in [0.5, 0.6) is 11.5 Å². The molecule has 0 aromatic heterocycles. The molecule has 1 aromatic rings. The Bertz CT molecular complexity index is 426. The Morgan fingerprint density at radius 3 is 2.82 bits per heavy atom. The van der Waals surface area contributed by atoms with E-state index in [0.29, 0.717) is 19.1 Å². The van der Waals surface area contributed by atoms with Crippen molar-refractivity contribution in [1.82, 2.24) is 0 Å². The van der Waals surface area contributed by atoms with Crippen LogP contribution in [0.1, 0.15) is 37.7 Å². The maximum absolute atomic E-state index is 6.19. The molecule has 0 spiro atoms. The van der Waals surface area contributed by atoms with Gasteiger partial charge in [0, 0.05) is 11.1 Å². The van der Waals surface area contributed by atoms with E-state index in [-0.39, 0.29) is 5.54 Å². The number of nitrogens with two attached hydrogens (primary N) is 1. The molecule has 3 nitrogen and oxygen atoms in total. The summed E-state index contributed by atoms with van der Waals surface area (Å²) in [4.78, 5) is 0. The van der Waals surface area contributed by atoms with Gasteiger partial charge in [0.15, 0.2) is 11.5 Å². The Balaban J connectivity index is 1.86. The third-order valence-electron chi connectivity index (χ3n) is 3.73. The van der Waals surface area contributed by atoms with E-state index in [9.17, 15) is 0 Å². The Morgan fingerprint density at radius 2 is 2.06 bits per heavy atom. The lowest BCUT2D eigenvalue weighted by Crippen LogP contribution is -2.24. The molecule has 3 rings (SSSR count). The second-order valence-electron chi connectivity index (χ2n) is 5.34. The van der Waals surface area contributed by atoms with Gasteiger partial charge in [-0.15, -0.1) is 0 Å². The lowest BCUT2D eigenvalue weighted by Gasteiger charge is -2.24. The Morgan fingerprint density at radius 1 is 1.29 bits per heavy atom. The normalized spacial score (nSPS) is 22.0. The molecular formula is C14H19NO2. The van der Waals surface area contributed by atoms with Crippen LogP contribution in [0.3, 0.4) is 0 Å². The minimum atomic E-state index is 0.0810. The average molecular weight is 233 g/mol. The molecule has 1 atom stereocenters. The molecule has 2 N–H and O–H groups in total. The van der Waals surface area contributed by atoms with Crippen LogP contribution in [0.15, 0.2) is 18.2 Å². The summed E-state index contributed by atoms with van der Waals surface area (Å²) in [7, 11) is 0. The van der Waals surface area contributed by atoms with E-state index in [1.807, 2.05) is 12.1 Å². The van der Waals surface area contributed by atoms with E-state index in [1.165, 1.54) is 5.56 Å². The molecule has 92 valence electrons. The van der Waals surface area contributed by atoms with Crippen LogP contribution in [0.4, 0.5) is 0 Å². The first kappa shape index (κ1) is 10.9.